The van der Waals surface area contributed by atoms with E-state index >= 15 is 0 Å². The van der Waals surface area contributed by atoms with Crippen molar-refractivity contribution < 1.29 is 18.3 Å². The summed E-state index contributed by atoms with van der Waals surface area (Å²) in [6, 6.07) is 1.56. The Morgan fingerprint density at radius 3 is 2.10 bits per heavy atom. The molecule has 0 aromatic heterocycles. The standard InChI is InChI=1S/C15H20F3NO/c16-12-7-10(8-13(17)15(12)18)14(9-20)19-11-5-3-1-2-4-6-11/h7-8,11,14,19-20H,1-6,9H2. The zero-order valence-corrected chi connectivity index (χ0v) is 11.3. The van der Waals surface area contributed by atoms with Crippen molar-refractivity contribution in [3.05, 3.63) is 35.1 Å². The van der Waals surface area contributed by atoms with Crippen molar-refractivity contribution in [3.8, 4) is 0 Å². The Hall–Kier alpha value is -1.07. The van der Waals surface area contributed by atoms with Crippen molar-refractivity contribution in [1.82, 2.24) is 5.32 Å². The highest BCUT2D eigenvalue weighted by molar-refractivity contribution is 5.23. The molecule has 0 saturated heterocycles. The molecule has 2 nitrogen and oxygen atoms in total. The number of aliphatic hydroxyl groups is 1. The molecule has 0 spiro atoms. The third-order valence-corrected chi connectivity index (χ3v) is 3.88. The molecule has 1 aromatic carbocycles. The smallest absolute Gasteiger partial charge is 0.194 e. The monoisotopic (exact) mass is 287 g/mol. The molecule has 0 heterocycles. The van der Waals surface area contributed by atoms with E-state index < -0.39 is 23.5 Å². The summed E-state index contributed by atoms with van der Waals surface area (Å²) in [5.74, 6) is -3.91. The lowest BCUT2D eigenvalue weighted by Gasteiger charge is -2.24. The van der Waals surface area contributed by atoms with Gasteiger partial charge in [0, 0.05) is 6.04 Å². The second kappa shape index (κ2) is 7.09. The molecule has 0 bridgehead atoms. The Kier molecular flexibility index (Phi) is 5.43. The average molecular weight is 287 g/mol. The van der Waals surface area contributed by atoms with Crippen LogP contribution in [0.3, 0.4) is 0 Å². The Bertz CT molecular complexity index is 422. The molecule has 1 saturated carbocycles. The zero-order valence-electron chi connectivity index (χ0n) is 11.3. The van der Waals surface area contributed by atoms with E-state index in [1.807, 2.05) is 0 Å². The van der Waals surface area contributed by atoms with Crippen LogP contribution in [-0.4, -0.2) is 17.8 Å². The highest BCUT2D eigenvalue weighted by Gasteiger charge is 2.20. The van der Waals surface area contributed by atoms with E-state index in [-0.39, 0.29) is 18.2 Å². The predicted octanol–water partition coefficient (Wildman–Crippen LogP) is 3.45. The van der Waals surface area contributed by atoms with Gasteiger partial charge in [-0.1, -0.05) is 25.7 Å². The van der Waals surface area contributed by atoms with Crippen LogP contribution in [0, 0.1) is 17.5 Å². The lowest BCUT2D eigenvalue weighted by atomic mass is 10.0. The van der Waals surface area contributed by atoms with Gasteiger partial charge in [-0.15, -0.1) is 0 Å². The lowest BCUT2D eigenvalue weighted by molar-refractivity contribution is 0.227. The molecule has 1 unspecified atom stereocenters. The Morgan fingerprint density at radius 1 is 1.05 bits per heavy atom. The minimum absolute atomic E-state index is 0.228. The van der Waals surface area contributed by atoms with E-state index in [0.717, 1.165) is 37.8 Å². The Balaban J connectivity index is 2.11. The molecule has 2 rings (SSSR count). The minimum Gasteiger partial charge on any atom is -0.394 e. The van der Waals surface area contributed by atoms with Gasteiger partial charge >= 0.3 is 0 Å². The molecule has 0 radical (unpaired) electrons. The maximum Gasteiger partial charge on any atom is 0.194 e. The fourth-order valence-corrected chi connectivity index (χ4v) is 2.76. The fraction of sp³-hybridized carbons (Fsp3) is 0.600. The Morgan fingerprint density at radius 2 is 1.60 bits per heavy atom. The van der Waals surface area contributed by atoms with Gasteiger partial charge in [0.2, 0.25) is 0 Å². The predicted molar refractivity (Wildman–Crippen MR) is 70.8 cm³/mol. The highest BCUT2D eigenvalue weighted by atomic mass is 19.2. The average Bonchev–Trinajstić information content (AvgIpc) is 2.70. The number of aliphatic hydroxyl groups excluding tert-OH is 1. The van der Waals surface area contributed by atoms with E-state index in [1.165, 1.54) is 12.8 Å². The molecule has 1 atom stereocenters. The van der Waals surface area contributed by atoms with Gasteiger partial charge in [0.15, 0.2) is 17.5 Å². The van der Waals surface area contributed by atoms with Crippen LogP contribution in [-0.2, 0) is 0 Å². The van der Waals surface area contributed by atoms with Gasteiger partial charge in [0.05, 0.1) is 12.6 Å². The first-order valence-corrected chi connectivity index (χ1v) is 7.13. The maximum atomic E-state index is 13.3. The van der Waals surface area contributed by atoms with Gasteiger partial charge in [-0.25, -0.2) is 13.2 Å². The largest absolute Gasteiger partial charge is 0.394 e. The maximum absolute atomic E-state index is 13.3. The number of hydrogen-bond acceptors (Lipinski definition) is 2. The third-order valence-electron chi connectivity index (χ3n) is 3.88. The van der Waals surface area contributed by atoms with E-state index in [1.54, 1.807) is 0 Å². The molecule has 5 heteroatoms. The molecule has 1 aliphatic rings. The van der Waals surface area contributed by atoms with E-state index in [2.05, 4.69) is 5.32 Å². The summed E-state index contributed by atoms with van der Waals surface area (Å²) in [6.07, 6.45) is 6.60. The molecule has 0 amide bonds. The van der Waals surface area contributed by atoms with Gasteiger partial charge in [-0.3, -0.25) is 0 Å². The molecule has 1 aliphatic carbocycles. The summed E-state index contributed by atoms with van der Waals surface area (Å²) in [6.45, 7) is -0.277. The number of halogens is 3. The van der Waals surface area contributed by atoms with Crippen LogP contribution in [0.25, 0.3) is 0 Å². The molecule has 20 heavy (non-hydrogen) atoms. The van der Waals surface area contributed by atoms with Crippen LogP contribution in [0.15, 0.2) is 12.1 Å². The van der Waals surface area contributed by atoms with Crippen molar-refractivity contribution in [2.45, 2.75) is 50.6 Å². The summed E-state index contributed by atoms with van der Waals surface area (Å²) in [7, 11) is 0. The van der Waals surface area contributed by atoms with Crippen LogP contribution >= 0.6 is 0 Å². The van der Waals surface area contributed by atoms with Crippen molar-refractivity contribution in [2.24, 2.45) is 0 Å². The summed E-state index contributed by atoms with van der Waals surface area (Å²) < 4.78 is 39.5. The number of hydrogen-bond donors (Lipinski definition) is 2. The molecule has 1 aromatic rings. The van der Waals surface area contributed by atoms with E-state index in [0.29, 0.717) is 0 Å². The number of rotatable bonds is 4. The summed E-state index contributed by atoms with van der Waals surface area (Å²) in [5.41, 5.74) is 0.244. The molecule has 0 aliphatic heterocycles. The molecular formula is C15H20F3NO. The number of nitrogens with one attached hydrogen (secondary N) is 1. The third kappa shape index (κ3) is 3.73. The van der Waals surface area contributed by atoms with Gasteiger partial charge in [0.1, 0.15) is 0 Å². The van der Waals surface area contributed by atoms with Crippen LogP contribution in [0.5, 0.6) is 0 Å². The molecular weight excluding hydrogens is 267 g/mol. The van der Waals surface area contributed by atoms with Crippen molar-refractivity contribution in [2.75, 3.05) is 6.61 Å². The molecule has 2 N–H and O–H groups in total. The van der Waals surface area contributed by atoms with E-state index in [4.69, 9.17) is 0 Å². The highest BCUT2D eigenvalue weighted by Crippen LogP contribution is 2.23. The SMILES string of the molecule is OCC(NC1CCCCCC1)c1cc(F)c(F)c(F)c1. The van der Waals surface area contributed by atoms with Crippen molar-refractivity contribution in [3.63, 3.8) is 0 Å². The minimum atomic E-state index is -1.47. The van der Waals surface area contributed by atoms with Crippen molar-refractivity contribution >= 4 is 0 Å². The first kappa shape index (κ1) is 15.3. The summed E-state index contributed by atoms with van der Waals surface area (Å²) in [4.78, 5) is 0. The lowest BCUT2D eigenvalue weighted by Crippen LogP contribution is -2.34. The molecule has 112 valence electrons. The second-order valence-electron chi connectivity index (χ2n) is 5.39. The van der Waals surface area contributed by atoms with Gasteiger partial charge in [-0.2, -0.15) is 0 Å². The van der Waals surface area contributed by atoms with Crippen LogP contribution < -0.4 is 5.32 Å². The Labute approximate surface area is 117 Å². The second-order valence-corrected chi connectivity index (χ2v) is 5.39. The van der Waals surface area contributed by atoms with Gasteiger partial charge < -0.3 is 10.4 Å². The van der Waals surface area contributed by atoms with Crippen LogP contribution in [0.1, 0.15) is 50.1 Å². The summed E-state index contributed by atoms with van der Waals surface area (Å²) >= 11 is 0. The van der Waals surface area contributed by atoms with Gasteiger partial charge in [-0.05, 0) is 30.5 Å². The zero-order chi connectivity index (χ0) is 14.5. The van der Waals surface area contributed by atoms with Gasteiger partial charge in [0.25, 0.3) is 0 Å². The van der Waals surface area contributed by atoms with Crippen molar-refractivity contribution in [1.29, 1.82) is 0 Å². The van der Waals surface area contributed by atoms with Crippen LogP contribution in [0.2, 0.25) is 0 Å². The quantitative estimate of drug-likeness (QED) is 0.656. The topological polar surface area (TPSA) is 32.3 Å². The fourth-order valence-electron chi connectivity index (χ4n) is 2.76. The molecule has 1 fully saturated rings. The first-order valence-electron chi connectivity index (χ1n) is 7.13. The first-order chi connectivity index (χ1) is 9.61. The van der Waals surface area contributed by atoms with Crippen LogP contribution in [0.4, 0.5) is 13.2 Å². The number of benzene rings is 1. The normalized spacial score (nSPS) is 18.8. The summed E-state index contributed by atoms with van der Waals surface area (Å²) in [5, 5.41) is 12.7. The van der Waals surface area contributed by atoms with E-state index in [9.17, 15) is 18.3 Å².